The van der Waals surface area contributed by atoms with E-state index in [-0.39, 0.29) is 31.1 Å². The zero-order chi connectivity index (χ0) is 45.1. The van der Waals surface area contributed by atoms with Crippen LogP contribution in [0.2, 0.25) is 0 Å². The van der Waals surface area contributed by atoms with Gasteiger partial charge in [0, 0.05) is 19.3 Å². The van der Waals surface area contributed by atoms with Gasteiger partial charge in [0.15, 0.2) is 6.10 Å². The molecule has 0 N–H and O–H groups in total. The second-order valence-corrected chi connectivity index (χ2v) is 19.2. The molecule has 0 aromatic carbocycles. The molecule has 0 spiro atoms. The van der Waals surface area contributed by atoms with Crippen molar-refractivity contribution in [1.29, 1.82) is 0 Å². The van der Waals surface area contributed by atoms with Crippen molar-refractivity contribution in [2.75, 3.05) is 13.2 Å². The highest BCUT2D eigenvalue weighted by molar-refractivity contribution is 5.71. The second-order valence-electron chi connectivity index (χ2n) is 19.2. The van der Waals surface area contributed by atoms with Crippen molar-refractivity contribution < 1.29 is 28.6 Å². The van der Waals surface area contributed by atoms with E-state index < -0.39 is 6.10 Å². The lowest BCUT2D eigenvalue weighted by atomic mass is 10.0. The lowest BCUT2D eigenvalue weighted by Gasteiger charge is -2.18. The molecule has 0 aromatic heterocycles. The maximum Gasteiger partial charge on any atom is 0.306 e. The third-order valence-corrected chi connectivity index (χ3v) is 12.9. The van der Waals surface area contributed by atoms with Gasteiger partial charge in [-0.25, -0.2) is 0 Å². The van der Waals surface area contributed by atoms with Crippen molar-refractivity contribution >= 4 is 17.9 Å². The summed E-state index contributed by atoms with van der Waals surface area (Å²) >= 11 is 0. The molecule has 0 aliphatic rings. The molecule has 0 unspecified atom stereocenters. The largest absolute Gasteiger partial charge is 0.462 e. The van der Waals surface area contributed by atoms with Crippen molar-refractivity contribution in [3.63, 3.8) is 0 Å². The minimum atomic E-state index is -0.759. The predicted octanol–water partition coefficient (Wildman–Crippen LogP) is 18.4. The Labute approximate surface area is 387 Å². The molecule has 0 bridgehead atoms. The molecular weight excluding hydrogens is 769 g/mol. The van der Waals surface area contributed by atoms with Crippen LogP contribution in [0, 0.1) is 0 Å². The summed E-state index contributed by atoms with van der Waals surface area (Å²) in [6.07, 6.45) is 56.8. The Balaban J connectivity index is 4.14. The van der Waals surface area contributed by atoms with E-state index in [0.29, 0.717) is 19.3 Å². The fourth-order valence-electron chi connectivity index (χ4n) is 8.62. The van der Waals surface area contributed by atoms with E-state index in [1.54, 1.807) is 0 Å². The van der Waals surface area contributed by atoms with Gasteiger partial charge in [0.25, 0.3) is 0 Å². The molecule has 0 aliphatic heterocycles. The topological polar surface area (TPSA) is 78.9 Å². The molecule has 0 fully saturated rings. The number of rotatable bonds is 52. The minimum Gasteiger partial charge on any atom is -0.462 e. The lowest BCUT2D eigenvalue weighted by Crippen LogP contribution is -2.30. The highest BCUT2D eigenvalue weighted by atomic mass is 16.6. The SMILES string of the molecule is CCCCCCCCCCCCCCCCCCCCCC(=O)O[C@H](COC(=O)CCCCCCCCC)COC(=O)CCCCCCCCCCCCCCCCCCCC. The van der Waals surface area contributed by atoms with Crippen LogP contribution in [0.15, 0.2) is 0 Å². The molecule has 0 heterocycles. The first kappa shape index (κ1) is 60.4. The summed E-state index contributed by atoms with van der Waals surface area (Å²) < 4.78 is 16.8. The Bertz CT molecular complexity index is 920. The van der Waals surface area contributed by atoms with Crippen molar-refractivity contribution in [3.05, 3.63) is 0 Å². The molecule has 0 amide bonds. The number of hydrogen-bond acceptors (Lipinski definition) is 6. The van der Waals surface area contributed by atoms with Crippen LogP contribution < -0.4 is 0 Å². The molecule has 62 heavy (non-hydrogen) atoms. The fraction of sp³-hybridized carbons (Fsp3) is 0.946. The van der Waals surface area contributed by atoms with E-state index in [1.165, 1.54) is 225 Å². The standard InChI is InChI=1S/C56H108O6/c1-4-7-10-13-16-18-20-22-24-26-28-30-32-34-36-38-41-44-47-50-56(59)62-53(51-60-54(57)48-45-42-39-15-12-9-6-3)52-61-55(58)49-46-43-40-37-35-33-31-29-27-25-23-21-19-17-14-11-8-5-2/h53H,4-52H2,1-3H3/t53-/m1/s1. The molecule has 0 rings (SSSR count). The van der Waals surface area contributed by atoms with Gasteiger partial charge in [-0.05, 0) is 19.3 Å². The monoisotopic (exact) mass is 877 g/mol. The van der Waals surface area contributed by atoms with Crippen molar-refractivity contribution in [2.45, 2.75) is 329 Å². The molecule has 0 aliphatic carbocycles. The molecule has 6 heteroatoms. The van der Waals surface area contributed by atoms with Crippen LogP contribution >= 0.6 is 0 Å². The maximum atomic E-state index is 12.8. The first-order valence-electron chi connectivity index (χ1n) is 28.0. The second kappa shape index (κ2) is 52.0. The van der Waals surface area contributed by atoms with Crippen LogP contribution in [0.4, 0.5) is 0 Å². The van der Waals surface area contributed by atoms with Gasteiger partial charge >= 0.3 is 17.9 Å². The Morgan fingerprint density at radius 3 is 0.645 bits per heavy atom. The van der Waals surface area contributed by atoms with Crippen LogP contribution in [0.25, 0.3) is 0 Å². The average molecular weight is 877 g/mol. The zero-order valence-corrected chi connectivity index (χ0v) is 42.2. The number of esters is 3. The minimum absolute atomic E-state index is 0.0620. The van der Waals surface area contributed by atoms with Gasteiger partial charge < -0.3 is 14.2 Å². The normalized spacial score (nSPS) is 11.9. The average Bonchev–Trinajstić information content (AvgIpc) is 3.27. The molecule has 0 radical (unpaired) electrons. The number of carbonyl (C=O) groups excluding carboxylic acids is 3. The number of carbonyl (C=O) groups is 3. The third-order valence-electron chi connectivity index (χ3n) is 12.9. The molecule has 0 aromatic rings. The molecule has 1 atom stereocenters. The number of ether oxygens (including phenoxy) is 3. The highest BCUT2D eigenvalue weighted by Crippen LogP contribution is 2.17. The summed E-state index contributed by atoms with van der Waals surface area (Å²) in [5.74, 6) is -0.844. The lowest BCUT2D eigenvalue weighted by molar-refractivity contribution is -0.167. The van der Waals surface area contributed by atoms with Crippen LogP contribution in [0.3, 0.4) is 0 Å². The van der Waals surface area contributed by atoms with E-state index in [1.807, 2.05) is 0 Å². The van der Waals surface area contributed by atoms with Crippen LogP contribution in [-0.4, -0.2) is 37.2 Å². The Hall–Kier alpha value is -1.59. The first-order chi connectivity index (χ1) is 30.5. The van der Waals surface area contributed by atoms with Gasteiger partial charge in [-0.1, -0.05) is 284 Å². The quantitative estimate of drug-likeness (QED) is 0.0344. The zero-order valence-electron chi connectivity index (χ0n) is 42.2. The smallest absolute Gasteiger partial charge is 0.306 e. The van der Waals surface area contributed by atoms with Crippen molar-refractivity contribution in [2.24, 2.45) is 0 Å². The number of hydrogen-bond donors (Lipinski definition) is 0. The van der Waals surface area contributed by atoms with Gasteiger partial charge in [-0.15, -0.1) is 0 Å². The Morgan fingerprint density at radius 1 is 0.258 bits per heavy atom. The van der Waals surface area contributed by atoms with Crippen LogP contribution in [-0.2, 0) is 28.6 Å². The first-order valence-corrected chi connectivity index (χ1v) is 28.0. The summed E-state index contributed by atoms with van der Waals surface area (Å²) in [5.41, 5.74) is 0. The summed E-state index contributed by atoms with van der Waals surface area (Å²) in [5, 5.41) is 0. The molecule has 6 nitrogen and oxygen atoms in total. The van der Waals surface area contributed by atoms with E-state index in [0.717, 1.165) is 57.8 Å². The van der Waals surface area contributed by atoms with Crippen LogP contribution in [0.5, 0.6) is 0 Å². The van der Waals surface area contributed by atoms with E-state index in [9.17, 15) is 14.4 Å². The molecule has 368 valence electrons. The van der Waals surface area contributed by atoms with E-state index in [2.05, 4.69) is 20.8 Å². The van der Waals surface area contributed by atoms with E-state index >= 15 is 0 Å². The summed E-state index contributed by atoms with van der Waals surface area (Å²) in [6.45, 7) is 6.66. The Morgan fingerprint density at radius 2 is 0.435 bits per heavy atom. The van der Waals surface area contributed by atoms with E-state index in [4.69, 9.17) is 14.2 Å². The van der Waals surface area contributed by atoms with Gasteiger partial charge in [-0.3, -0.25) is 14.4 Å². The Kier molecular flexibility index (Phi) is 50.7. The van der Waals surface area contributed by atoms with Crippen LogP contribution in [0.1, 0.15) is 323 Å². The molecular formula is C56H108O6. The van der Waals surface area contributed by atoms with Gasteiger partial charge in [0.1, 0.15) is 13.2 Å². The van der Waals surface area contributed by atoms with Gasteiger partial charge in [-0.2, -0.15) is 0 Å². The highest BCUT2D eigenvalue weighted by Gasteiger charge is 2.19. The third kappa shape index (κ3) is 49.4. The van der Waals surface area contributed by atoms with Gasteiger partial charge in [0.05, 0.1) is 0 Å². The fourth-order valence-corrected chi connectivity index (χ4v) is 8.62. The van der Waals surface area contributed by atoms with Crippen molar-refractivity contribution in [3.8, 4) is 0 Å². The molecule has 0 saturated carbocycles. The predicted molar refractivity (Wildman–Crippen MR) is 266 cm³/mol. The maximum absolute atomic E-state index is 12.8. The molecule has 0 saturated heterocycles. The number of unbranched alkanes of at least 4 members (excludes halogenated alkanes) is 41. The summed E-state index contributed by atoms with van der Waals surface area (Å²) in [7, 11) is 0. The summed E-state index contributed by atoms with van der Waals surface area (Å²) in [4.78, 5) is 37.9. The van der Waals surface area contributed by atoms with Crippen molar-refractivity contribution in [1.82, 2.24) is 0 Å². The van der Waals surface area contributed by atoms with Gasteiger partial charge in [0.2, 0.25) is 0 Å². The summed E-state index contributed by atoms with van der Waals surface area (Å²) in [6, 6.07) is 0.